The molecular formula is C26H39F3O. The molecule has 0 spiro atoms. The Morgan fingerprint density at radius 3 is 2.07 bits per heavy atom. The van der Waals surface area contributed by atoms with Crippen LogP contribution in [0.1, 0.15) is 107 Å². The van der Waals surface area contributed by atoms with Crippen molar-refractivity contribution in [2.45, 2.75) is 96.3 Å². The Bertz CT molecular complexity index is 644. The summed E-state index contributed by atoms with van der Waals surface area (Å²) in [5.41, 5.74) is 0.703. The second kappa shape index (κ2) is 11.5. The molecule has 0 atom stereocenters. The quantitative estimate of drug-likeness (QED) is 0.388. The van der Waals surface area contributed by atoms with Gasteiger partial charge in [0.2, 0.25) is 0 Å². The van der Waals surface area contributed by atoms with E-state index in [-0.39, 0.29) is 11.5 Å². The van der Waals surface area contributed by atoms with Crippen LogP contribution in [-0.2, 0) is 11.2 Å². The molecule has 0 radical (unpaired) electrons. The summed E-state index contributed by atoms with van der Waals surface area (Å²) in [5, 5.41) is 0. The molecule has 1 aromatic rings. The van der Waals surface area contributed by atoms with Gasteiger partial charge in [0.15, 0.2) is 0 Å². The van der Waals surface area contributed by atoms with Crippen LogP contribution in [0.5, 0.6) is 0 Å². The maximum atomic E-state index is 15.2. The average molecular weight is 425 g/mol. The fourth-order valence-electron chi connectivity index (χ4n) is 5.88. The van der Waals surface area contributed by atoms with Crippen molar-refractivity contribution in [3.63, 3.8) is 0 Å². The van der Waals surface area contributed by atoms with Crippen molar-refractivity contribution in [2.75, 3.05) is 13.7 Å². The third-order valence-electron chi connectivity index (χ3n) is 7.69. The van der Waals surface area contributed by atoms with Gasteiger partial charge < -0.3 is 4.74 Å². The Morgan fingerprint density at radius 2 is 1.50 bits per heavy atom. The van der Waals surface area contributed by atoms with Gasteiger partial charge in [-0.25, -0.2) is 13.2 Å². The number of alkyl halides is 2. The van der Waals surface area contributed by atoms with E-state index < -0.39 is 12.2 Å². The summed E-state index contributed by atoms with van der Waals surface area (Å²) in [6.07, 6.45) is 9.87. The second-order valence-corrected chi connectivity index (χ2v) is 9.73. The molecule has 0 aliphatic heterocycles. The molecule has 0 heterocycles. The molecule has 0 N–H and O–H groups in total. The smallest absolute Gasteiger partial charge is 0.266 e. The van der Waals surface area contributed by atoms with Crippen LogP contribution in [0.25, 0.3) is 0 Å². The minimum atomic E-state index is -2.75. The largest absolute Gasteiger partial charge is 0.384 e. The predicted octanol–water partition coefficient (Wildman–Crippen LogP) is 8.22. The summed E-state index contributed by atoms with van der Waals surface area (Å²) in [4.78, 5) is 0. The zero-order valence-electron chi connectivity index (χ0n) is 18.8. The van der Waals surface area contributed by atoms with Crippen LogP contribution in [0, 0.1) is 23.6 Å². The van der Waals surface area contributed by atoms with Crippen molar-refractivity contribution in [2.24, 2.45) is 17.8 Å². The van der Waals surface area contributed by atoms with Crippen molar-refractivity contribution in [1.29, 1.82) is 0 Å². The van der Waals surface area contributed by atoms with E-state index in [1.807, 2.05) is 0 Å². The maximum Gasteiger partial charge on any atom is 0.266 e. The number of aryl methyl sites for hydroxylation is 1. The molecule has 0 saturated heterocycles. The fraction of sp³-hybridized carbons (Fsp3) is 0.769. The van der Waals surface area contributed by atoms with E-state index in [4.69, 9.17) is 4.74 Å². The lowest BCUT2D eigenvalue weighted by Crippen LogP contribution is -2.19. The first kappa shape index (κ1) is 23.6. The second-order valence-electron chi connectivity index (χ2n) is 9.73. The fourth-order valence-corrected chi connectivity index (χ4v) is 5.88. The van der Waals surface area contributed by atoms with Crippen LogP contribution in [0.15, 0.2) is 12.1 Å². The molecule has 4 heteroatoms. The summed E-state index contributed by atoms with van der Waals surface area (Å²) >= 11 is 0. The highest BCUT2D eigenvalue weighted by atomic mass is 19.3. The monoisotopic (exact) mass is 424 g/mol. The Morgan fingerprint density at radius 1 is 0.900 bits per heavy atom. The number of rotatable bonds is 9. The first-order chi connectivity index (χ1) is 14.5. The highest BCUT2D eigenvalue weighted by Crippen LogP contribution is 2.41. The van der Waals surface area contributed by atoms with Gasteiger partial charge in [0.1, 0.15) is 5.82 Å². The van der Waals surface area contributed by atoms with Gasteiger partial charge in [-0.05, 0) is 73.3 Å². The summed E-state index contributed by atoms with van der Waals surface area (Å²) in [5.74, 6) is 1.37. The van der Waals surface area contributed by atoms with E-state index in [0.29, 0.717) is 29.4 Å². The molecule has 2 aliphatic carbocycles. The molecular weight excluding hydrogens is 385 g/mol. The Kier molecular flexibility index (Phi) is 9.10. The number of hydrogen-bond acceptors (Lipinski definition) is 1. The van der Waals surface area contributed by atoms with Gasteiger partial charge >= 0.3 is 0 Å². The molecule has 0 amide bonds. The molecule has 2 saturated carbocycles. The van der Waals surface area contributed by atoms with E-state index >= 15 is 4.39 Å². The third kappa shape index (κ3) is 6.02. The van der Waals surface area contributed by atoms with Gasteiger partial charge in [-0.3, -0.25) is 0 Å². The average Bonchev–Trinajstić information content (AvgIpc) is 2.74. The van der Waals surface area contributed by atoms with E-state index in [9.17, 15) is 8.78 Å². The lowest BCUT2D eigenvalue weighted by Gasteiger charge is -2.30. The molecule has 0 unspecified atom stereocenters. The molecule has 1 nitrogen and oxygen atoms in total. The topological polar surface area (TPSA) is 9.23 Å². The SMILES string of the molecule is CCCC1CCC(CCc2ccc(C3CCC(COC)CC3)c(C(F)F)c2F)CC1. The van der Waals surface area contributed by atoms with Crippen LogP contribution in [0.2, 0.25) is 0 Å². The minimum Gasteiger partial charge on any atom is -0.384 e. The van der Waals surface area contributed by atoms with Crippen LogP contribution in [-0.4, -0.2) is 13.7 Å². The standard InChI is InChI=1S/C26H39F3O/c1-3-4-18-5-7-19(8-6-18)9-14-22-15-16-23(24(25(22)27)26(28)29)21-12-10-20(11-13-21)17-30-2/h15-16,18-21,26H,3-14,17H2,1-2H3. The van der Waals surface area contributed by atoms with Gasteiger partial charge in [0.25, 0.3) is 6.43 Å². The van der Waals surface area contributed by atoms with Crippen LogP contribution in [0.4, 0.5) is 13.2 Å². The first-order valence-corrected chi connectivity index (χ1v) is 12.1. The van der Waals surface area contributed by atoms with Gasteiger partial charge in [0.05, 0.1) is 5.56 Å². The molecule has 30 heavy (non-hydrogen) atoms. The summed E-state index contributed by atoms with van der Waals surface area (Å²) in [6.45, 7) is 2.96. The highest BCUT2D eigenvalue weighted by molar-refractivity contribution is 5.37. The molecule has 170 valence electrons. The summed E-state index contributed by atoms with van der Waals surface area (Å²) < 4.78 is 48.1. The van der Waals surface area contributed by atoms with Crippen molar-refractivity contribution >= 4 is 0 Å². The van der Waals surface area contributed by atoms with E-state index in [1.165, 1.54) is 38.5 Å². The van der Waals surface area contributed by atoms with Gasteiger partial charge in [-0.15, -0.1) is 0 Å². The molecule has 2 aliphatic rings. The zero-order chi connectivity index (χ0) is 21.5. The molecule has 3 rings (SSSR count). The van der Waals surface area contributed by atoms with Gasteiger partial charge in [-0.1, -0.05) is 57.6 Å². The van der Waals surface area contributed by atoms with Crippen molar-refractivity contribution in [1.82, 2.24) is 0 Å². The van der Waals surface area contributed by atoms with Crippen molar-refractivity contribution in [3.8, 4) is 0 Å². The van der Waals surface area contributed by atoms with E-state index in [1.54, 1.807) is 19.2 Å². The van der Waals surface area contributed by atoms with Crippen LogP contribution >= 0.6 is 0 Å². The van der Waals surface area contributed by atoms with Crippen LogP contribution in [0.3, 0.4) is 0 Å². The van der Waals surface area contributed by atoms with Crippen molar-refractivity contribution in [3.05, 3.63) is 34.6 Å². The van der Waals surface area contributed by atoms with Gasteiger partial charge in [-0.2, -0.15) is 0 Å². The highest BCUT2D eigenvalue weighted by Gasteiger charge is 2.29. The summed E-state index contributed by atoms with van der Waals surface area (Å²) in [6, 6.07) is 3.60. The third-order valence-corrected chi connectivity index (χ3v) is 7.69. The van der Waals surface area contributed by atoms with Gasteiger partial charge in [0, 0.05) is 13.7 Å². The number of benzene rings is 1. The number of ether oxygens (including phenoxy) is 1. The lowest BCUT2D eigenvalue weighted by atomic mass is 9.76. The van der Waals surface area contributed by atoms with E-state index in [2.05, 4.69) is 6.92 Å². The maximum absolute atomic E-state index is 15.2. The van der Waals surface area contributed by atoms with Crippen molar-refractivity contribution < 1.29 is 17.9 Å². The van der Waals surface area contributed by atoms with Crippen LogP contribution < -0.4 is 0 Å². The molecule has 2 fully saturated rings. The first-order valence-electron chi connectivity index (χ1n) is 12.1. The Labute approximate surface area is 180 Å². The number of hydrogen-bond donors (Lipinski definition) is 0. The number of halogens is 3. The summed E-state index contributed by atoms with van der Waals surface area (Å²) in [7, 11) is 1.70. The lowest BCUT2D eigenvalue weighted by molar-refractivity contribution is 0.124. The molecule has 0 bridgehead atoms. The molecule has 1 aromatic carbocycles. The number of methoxy groups -OCH3 is 1. The Balaban J connectivity index is 1.63. The Hall–Kier alpha value is -1.03. The predicted molar refractivity (Wildman–Crippen MR) is 117 cm³/mol. The molecule has 0 aromatic heterocycles. The zero-order valence-corrected chi connectivity index (χ0v) is 18.8. The normalized spacial score (nSPS) is 27.5. The van der Waals surface area contributed by atoms with E-state index in [0.717, 1.165) is 44.6 Å². The minimum absolute atomic E-state index is 0.0412.